The molecule has 5 heterocycles. The molecule has 0 bridgehead atoms. The molecule has 0 aliphatic carbocycles. The predicted molar refractivity (Wildman–Crippen MR) is 129 cm³/mol. The SMILES string of the molecule is N[C@H]1C[C@@H](N2CCc3nn4c(C(=O)O)cc(-c5cccs5)nc4c3C2)CO[C@@H]1c1cc(F)ccc1F. The van der Waals surface area contributed by atoms with Crippen LogP contribution < -0.4 is 5.73 Å². The van der Waals surface area contributed by atoms with Crippen LogP contribution in [-0.4, -0.2) is 55.8 Å². The van der Waals surface area contributed by atoms with Gasteiger partial charge in [0, 0.05) is 42.7 Å². The molecule has 1 aromatic carbocycles. The first-order valence-electron chi connectivity index (χ1n) is 11.6. The van der Waals surface area contributed by atoms with E-state index < -0.39 is 29.7 Å². The molecule has 2 aliphatic rings. The maximum Gasteiger partial charge on any atom is 0.354 e. The number of hydrogen-bond acceptors (Lipinski definition) is 7. The highest BCUT2D eigenvalue weighted by Gasteiger charge is 2.36. The summed E-state index contributed by atoms with van der Waals surface area (Å²) in [7, 11) is 0. The second-order valence-corrected chi connectivity index (χ2v) is 10.1. The molecule has 1 saturated heterocycles. The van der Waals surface area contributed by atoms with Gasteiger partial charge >= 0.3 is 5.97 Å². The van der Waals surface area contributed by atoms with Crippen molar-refractivity contribution in [3.8, 4) is 10.6 Å². The van der Waals surface area contributed by atoms with E-state index in [2.05, 4.69) is 10.00 Å². The van der Waals surface area contributed by atoms with Crippen molar-refractivity contribution in [1.29, 1.82) is 0 Å². The van der Waals surface area contributed by atoms with Crippen LogP contribution >= 0.6 is 11.3 Å². The third-order valence-corrected chi connectivity index (χ3v) is 7.83. The molecule has 2 aliphatic heterocycles. The van der Waals surface area contributed by atoms with Gasteiger partial charge in [0.25, 0.3) is 0 Å². The second-order valence-electron chi connectivity index (χ2n) is 9.16. The van der Waals surface area contributed by atoms with Crippen LogP contribution in [0, 0.1) is 11.6 Å². The largest absolute Gasteiger partial charge is 0.477 e. The first-order valence-corrected chi connectivity index (χ1v) is 12.5. The Balaban J connectivity index is 1.28. The summed E-state index contributed by atoms with van der Waals surface area (Å²) in [4.78, 5) is 19.9. The van der Waals surface area contributed by atoms with E-state index in [4.69, 9.17) is 15.5 Å². The topological polar surface area (TPSA) is 106 Å². The van der Waals surface area contributed by atoms with E-state index >= 15 is 0 Å². The summed E-state index contributed by atoms with van der Waals surface area (Å²) in [6.45, 7) is 1.52. The number of aromatic carboxylic acids is 1. The third-order valence-electron chi connectivity index (χ3n) is 6.94. The fourth-order valence-electron chi connectivity index (χ4n) is 5.17. The number of halogens is 2. The first-order chi connectivity index (χ1) is 17.4. The fraction of sp³-hybridized carbons (Fsp3) is 0.320. The molecule has 0 radical (unpaired) electrons. The van der Waals surface area contributed by atoms with Crippen molar-refractivity contribution in [2.45, 2.75) is 37.6 Å². The van der Waals surface area contributed by atoms with Crippen LogP contribution in [0.4, 0.5) is 8.78 Å². The normalized spacial score (nSPS) is 22.6. The fourth-order valence-corrected chi connectivity index (χ4v) is 5.85. The van der Waals surface area contributed by atoms with Gasteiger partial charge in [-0.15, -0.1) is 11.3 Å². The van der Waals surface area contributed by atoms with E-state index in [0.29, 0.717) is 43.9 Å². The molecule has 4 aromatic rings. The Morgan fingerprint density at radius 3 is 2.86 bits per heavy atom. The number of fused-ring (bicyclic) bond motifs is 3. The molecule has 0 unspecified atom stereocenters. The van der Waals surface area contributed by atoms with E-state index in [1.54, 1.807) is 6.07 Å². The highest BCUT2D eigenvalue weighted by Crippen LogP contribution is 2.34. The molecule has 36 heavy (non-hydrogen) atoms. The average Bonchev–Trinajstić information content (AvgIpc) is 3.53. The zero-order valence-corrected chi connectivity index (χ0v) is 19.9. The second kappa shape index (κ2) is 9.00. The molecule has 0 amide bonds. The van der Waals surface area contributed by atoms with Crippen LogP contribution in [0.1, 0.15) is 39.8 Å². The number of rotatable bonds is 4. The Kier molecular flexibility index (Phi) is 5.79. The van der Waals surface area contributed by atoms with Gasteiger partial charge in [0.2, 0.25) is 0 Å². The number of aromatic nitrogens is 3. The minimum Gasteiger partial charge on any atom is -0.477 e. The van der Waals surface area contributed by atoms with Gasteiger partial charge in [0.15, 0.2) is 11.3 Å². The molecule has 0 spiro atoms. The van der Waals surface area contributed by atoms with Gasteiger partial charge in [-0.2, -0.15) is 5.10 Å². The Labute approximate surface area is 208 Å². The van der Waals surface area contributed by atoms with Crippen molar-refractivity contribution < 1.29 is 23.4 Å². The summed E-state index contributed by atoms with van der Waals surface area (Å²) >= 11 is 1.49. The molecule has 8 nitrogen and oxygen atoms in total. The Morgan fingerprint density at radius 1 is 1.25 bits per heavy atom. The van der Waals surface area contributed by atoms with E-state index in [0.717, 1.165) is 34.3 Å². The van der Waals surface area contributed by atoms with Crippen molar-refractivity contribution in [3.63, 3.8) is 0 Å². The van der Waals surface area contributed by atoms with E-state index in [1.807, 2.05) is 17.5 Å². The highest BCUT2D eigenvalue weighted by molar-refractivity contribution is 7.13. The van der Waals surface area contributed by atoms with Crippen molar-refractivity contribution >= 4 is 23.0 Å². The summed E-state index contributed by atoms with van der Waals surface area (Å²) in [5.74, 6) is -2.14. The van der Waals surface area contributed by atoms with Crippen LogP contribution in [0.2, 0.25) is 0 Å². The molecule has 0 saturated carbocycles. The number of ether oxygens (including phenoxy) is 1. The van der Waals surface area contributed by atoms with Crippen molar-refractivity contribution in [2.75, 3.05) is 13.2 Å². The molecule has 3 aromatic heterocycles. The zero-order valence-electron chi connectivity index (χ0n) is 19.1. The monoisotopic (exact) mass is 511 g/mol. The summed E-state index contributed by atoms with van der Waals surface area (Å²) in [5, 5.41) is 16.3. The van der Waals surface area contributed by atoms with Crippen LogP contribution in [0.25, 0.3) is 16.2 Å². The maximum absolute atomic E-state index is 14.3. The smallest absolute Gasteiger partial charge is 0.354 e. The standard InChI is InChI=1S/C25H23F2N5O3S/c26-13-3-4-17(27)15(8-13)23-18(28)9-14(12-35-23)31-6-5-19-16(11-31)24-29-20(22-2-1-7-36-22)10-21(25(33)34)32(24)30-19/h1-4,7-8,10,14,18,23H,5-6,9,11-12,28H2,(H,33,34)/t14-,18+,23-/m1/s1. The van der Waals surface area contributed by atoms with E-state index in [9.17, 15) is 18.7 Å². The molecular weight excluding hydrogens is 488 g/mol. The lowest BCUT2D eigenvalue weighted by Crippen LogP contribution is -2.50. The number of carboxylic acids is 1. The summed E-state index contributed by atoms with van der Waals surface area (Å²) in [5.41, 5.74) is 9.41. The molecule has 3 N–H and O–H groups in total. The minimum absolute atomic E-state index is 0.0320. The van der Waals surface area contributed by atoms with E-state index in [-0.39, 0.29) is 17.3 Å². The van der Waals surface area contributed by atoms with Crippen LogP contribution in [0.5, 0.6) is 0 Å². The number of benzene rings is 1. The van der Waals surface area contributed by atoms with Crippen LogP contribution in [-0.2, 0) is 17.7 Å². The number of carboxylic acid groups (broad SMARTS) is 1. The molecule has 6 rings (SSSR count). The van der Waals surface area contributed by atoms with Gasteiger partial charge < -0.3 is 15.6 Å². The van der Waals surface area contributed by atoms with Gasteiger partial charge in [0.1, 0.15) is 17.7 Å². The lowest BCUT2D eigenvalue weighted by Gasteiger charge is -2.41. The zero-order chi connectivity index (χ0) is 25.0. The quantitative estimate of drug-likeness (QED) is 0.431. The maximum atomic E-state index is 14.3. The van der Waals surface area contributed by atoms with E-state index in [1.165, 1.54) is 15.9 Å². The average molecular weight is 512 g/mol. The molecular formula is C25H23F2N5O3S. The minimum atomic E-state index is -1.07. The molecule has 3 atom stereocenters. The number of carbonyl (C=O) groups is 1. The van der Waals surface area contributed by atoms with Gasteiger partial charge in [-0.25, -0.2) is 23.1 Å². The predicted octanol–water partition coefficient (Wildman–Crippen LogP) is 3.65. The lowest BCUT2D eigenvalue weighted by atomic mass is 9.92. The Morgan fingerprint density at radius 2 is 2.11 bits per heavy atom. The van der Waals surface area contributed by atoms with Gasteiger partial charge in [-0.1, -0.05) is 6.07 Å². The highest BCUT2D eigenvalue weighted by atomic mass is 32.1. The molecule has 1 fully saturated rings. The number of thiophene rings is 1. The Hall–Kier alpha value is -3.25. The molecule has 11 heteroatoms. The van der Waals surface area contributed by atoms with Gasteiger partial charge in [0.05, 0.1) is 22.9 Å². The molecule has 186 valence electrons. The van der Waals surface area contributed by atoms with Gasteiger partial charge in [-0.05, 0) is 42.1 Å². The number of hydrogen-bond donors (Lipinski definition) is 2. The lowest BCUT2D eigenvalue weighted by molar-refractivity contribution is -0.0547. The summed E-state index contributed by atoms with van der Waals surface area (Å²) < 4.78 is 35.4. The summed E-state index contributed by atoms with van der Waals surface area (Å²) in [6.07, 6.45) is 0.450. The van der Waals surface area contributed by atoms with Crippen molar-refractivity contribution in [1.82, 2.24) is 19.5 Å². The Bertz CT molecular complexity index is 1460. The third kappa shape index (κ3) is 3.97. The summed E-state index contributed by atoms with van der Waals surface area (Å²) in [6, 6.07) is 8.12. The van der Waals surface area contributed by atoms with Gasteiger partial charge in [-0.3, -0.25) is 4.90 Å². The van der Waals surface area contributed by atoms with Crippen LogP contribution in [0.3, 0.4) is 0 Å². The van der Waals surface area contributed by atoms with Crippen molar-refractivity contribution in [2.24, 2.45) is 5.73 Å². The van der Waals surface area contributed by atoms with Crippen molar-refractivity contribution in [3.05, 3.63) is 75.9 Å². The number of nitrogens with zero attached hydrogens (tertiary/aromatic N) is 4. The van der Waals surface area contributed by atoms with Crippen LogP contribution in [0.15, 0.2) is 41.8 Å². The first kappa shape index (κ1) is 23.2. The number of nitrogens with two attached hydrogens (primary N) is 1.